The van der Waals surface area contributed by atoms with E-state index in [0.717, 1.165) is 6.26 Å². The number of piperidine rings is 1. The van der Waals surface area contributed by atoms with Crippen LogP contribution in [0.1, 0.15) is 34.5 Å². The molecule has 3 aromatic rings. The number of benzene rings is 2. The number of ether oxygens (including phenoxy) is 1. The first-order valence-electron chi connectivity index (χ1n) is 11.2. The molecule has 1 fully saturated rings. The number of carbonyl (C=O) groups is 1. The van der Waals surface area contributed by atoms with Crippen LogP contribution in [0.25, 0.3) is 10.8 Å². The molecule has 0 unspecified atom stereocenters. The molecule has 0 saturated carbocycles. The predicted octanol–water partition coefficient (Wildman–Crippen LogP) is 2.25. The third-order valence-electron chi connectivity index (χ3n) is 5.87. The summed E-state index contributed by atoms with van der Waals surface area (Å²) in [6.07, 6.45) is 2.28. The Morgan fingerprint density at radius 2 is 1.86 bits per heavy atom. The number of nitrogens with zero attached hydrogens (tertiary/aromatic N) is 2. The van der Waals surface area contributed by atoms with Gasteiger partial charge in [0.15, 0.2) is 0 Å². The van der Waals surface area contributed by atoms with Gasteiger partial charge in [0.05, 0.1) is 42.2 Å². The van der Waals surface area contributed by atoms with Crippen molar-refractivity contribution in [3.05, 3.63) is 75.5 Å². The molecular weight excluding hydrogens is 477 g/mol. The van der Waals surface area contributed by atoms with Crippen molar-refractivity contribution in [3.8, 4) is 0 Å². The molecule has 4 rings (SSSR count). The van der Waals surface area contributed by atoms with E-state index in [9.17, 15) is 22.4 Å². The zero-order chi connectivity index (χ0) is 25.0. The highest BCUT2D eigenvalue weighted by molar-refractivity contribution is 7.85. The maximum absolute atomic E-state index is 14.6. The quantitative estimate of drug-likeness (QED) is 0.370. The van der Waals surface area contributed by atoms with Crippen LogP contribution in [0, 0.1) is 5.82 Å². The summed E-state index contributed by atoms with van der Waals surface area (Å²) < 4.78 is 46.9. The van der Waals surface area contributed by atoms with E-state index in [1.54, 1.807) is 23.1 Å². The molecule has 2 aromatic carbocycles. The Kier molecular flexibility index (Phi) is 7.58. The van der Waals surface area contributed by atoms with Gasteiger partial charge in [-0.2, -0.15) is 13.5 Å². The minimum Gasteiger partial charge on any atom is -0.376 e. The van der Waals surface area contributed by atoms with Gasteiger partial charge in [0, 0.05) is 24.9 Å². The number of hydrogen-bond donors (Lipinski definition) is 1. The highest BCUT2D eigenvalue weighted by Gasteiger charge is 2.26. The van der Waals surface area contributed by atoms with Crippen molar-refractivity contribution in [2.45, 2.75) is 25.4 Å². The number of nitrogens with one attached hydrogen (secondary N) is 1. The second kappa shape index (κ2) is 10.6. The summed E-state index contributed by atoms with van der Waals surface area (Å²) in [5, 5.41) is 7.87. The number of likely N-dealkylation sites (tertiary alicyclic amines) is 1. The van der Waals surface area contributed by atoms with E-state index in [2.05, 4.69) is 14.4 Å². The van der Waals surface area contributed by atoms with Crippen molar-refractivity contribution in [1.82, 2.24) is 15.1 Å². The number of carbonyl (C=O) groups excluding carboxylic acids is 1. The van der Waals surface area contributed by atoms with Gasteiger partial charge < -0.3 is 9.64 Å². The van der Waals surface area contributed by atoms with Gasteiger partial charge in [-0.3, -0.25) is 13.8 Å². The lowest BCUT2D eigenvalue weighted by atomic mass is 10.0. The molecule has 1 N–H and O–H groups in total. The highest BCUT2D eigenvalue weighted by Crippen LogP contribution is 2.21. The molecule has 0 bridgehead atoms. The lowest BCUT2D eigenvalue weighted by Crippen LogP contribution is -2.41. The van der Waals surface area contributed by atoms with Gasteiger partial charge in [0.1, 0.15) is 5.82 Å². The first-order valence-corrected chi connectivity index (χ1v) is 13.0. The lowest BCUT2D eigenvalue weighted by molar-refractivity contribution is -0.00177. The van der Waals surface area contributed by atoms with Crippen LogP contribution in [-0.4, -0.2) is 68.1 Å². The third kappa shape index (κ3) is 6.30. The van der Waals surface area contributed by atoms with Crippen molar-refractivity contribution < 1.29 is 26.5 Å². The van der Waals surface area contributed by atoms with Gasteiger partial charge >= 0.3 is 0 Å². The highest BCUT2D eigenvalue weighted by atomic mass is 32.2. The summed E-state index contributed by atoms with van der Waals surface area (Å²) in [6, 6.07) is 11.5. The van der Waals surface area contributed by atoms with E-state index in [4.69, 9.17) is 4.74 Å². The first kappa shape index (κ1) is 25.0. The maximum atomic E-state index is 14.6. The van der Waals surface area contributed by atoms with E-state index in [1.807, 2.05) is 12.1 Å². The van der Waals surface area contributed by atoms with Crippen LogP contribution in [-0.2, 0) is 25.5 Å². The summed E-state index contributed by atoms with van der Waals surface area (Å²) in [5.74, 6) is -1.00. The van der Waals surface area contributed by atoms with Crippen LogP contribution in [0.2, 0.25) is 0 Å². The normalized spacial score (nSPS) is 15.0. The number of halogens is 1. The molecule has 1 amide bonds. The fourth-order valence-electron chi connectivity index (χ4n) is 4.14. The number of hydrogen-bond acceptors (Lipinski definition) is 7. The third-order valence-corrected chi connectivity index (χ3v) is 6.47. The van der Waals surface area contributed by atoms with Crippen LogP contribution in [0.15, 0.2) is 47.3 Å². The molecule has 186 valence electrons. The molecule has 0 spiro atoms. The Labute approximate surface area is 202 Å². The SMILES string of the molecule is CS(=O)(=O)OCCOC1CCN(C(=O)c2cc(Cc3n[nH]c(=O)c4ccccc34)ccc2F)CC1. The van der Waals surface area contributed by atoms with Crippen molar-refractivity contribution in [1.29, 1.82) is 0 Å². The fraction of sp³-hybridized carbons (Fsp3) is 0.375. The van der Waals surface area contributed by atoms with Crippen LogP contribution in [0.4, 0.5) is 4.39 Å². The number of fused-ring (bicyclic) bond motifs is 1. The first-order chi connectivity index (χ1) is 16.7. The Balaban J connectivity index is 1.40. The van der Waals surface area contributed by atoms with Crippen LogP contribution >= 0.6 is 0 Å². The number of rotatable bonds is 8. The molecule has 2 heterocycles. The minimum atomic E-state index is -3.51. The number of amides is 1. The van der Waals surface area contributed by atoms with E-state index in [0.29, 0.717) is 54.4 Å². The molecule has 0 aliphatic carbocycles. The molecule has 0 atom stereocenters. The second-order valence-electron chi connectivity index (χ2n) is 8.42. The fourth-order valence-corrected chi connectivity index (χ4v) is 4.51. The Morgan fingerprint density at radius 1 is 1.14 bits per heavy atom. The van der Waals surface area contributed by atoms with Gasteiger partial charge in [0.2, 0.25) is 0 Å². The van der Waals surface area contributed by atoms with Gasteiger partial charge in [0.25, 0.3) is 21.6 Å². The van der Waals surface area contributed by atoms with Crippen molar-refractivity contribution in [3.63, 3.8) is 0 Å². The van der Waals surface area contributed by atoms with E-state index < -0.39 is 21.8 Å². The predicted molar refractivity (Wildman–Crippen MR) is 127 cm³/mol. The second-order valence-corrected chi connectivity index (χ2v) is 10.1. The molecule has 1 aromatic heterocycles. The summed E-state index contributed by atoms with van der Waals surface area (Å²) in [7, 11) is -3.51. The minimum absolute atomic E-state index is 0.0165. The Morgan fingerprint density at radius 3 is 2.57 bits per heavy atom. The lowest BCUT2D eigenvalue weighted by Gasteiger charge is -2.32. The van der Waals surface area contributed by atoms with Gasteiger partial charge in [-0.25, -0.2) is 9.49 Å². The van der Waals surface area contributed by atoms with Crippen molar-refractivity contribution in [2.75, 3.05) is 32.6 Å². The Bertz CT molecular complexity index is 1380. The molecular formula is C24H26FN3O6S. The molecule has 1 aliphatic heterocycles. The number of H-pyrrole nitrogens is 1. The topological polar surface area (TPSA) is 119 Å². The average molecular weight is 504 g/mol. The summed E-state index contributed by atoms with van der Waals surface area (Å²) in [6.45, 7) is 0.865. The van der Waals surface area contributed by atoms with Gasteiger partial charge in [-0.05, 0) is 36.6 Å². The maximum Gasteiger partial charge on any atom is 0.272 e. The Hall–Kier alpha value is -3.15. The van der Waals surface area contributed by atoms with Crippen molar-refractivity contribution >= 4 is 26.8 Å². The van der Waals surface area contributed by atoms with E-state index in [1.165, 1.54) is 12.1 Å². The number of aromatic nitrogens is 2. The monoisotopic (exact) mass is 503 g/mol. The molecule has 35 heavy (non-hydrogen) atoms. The summed E-state index contributed by atoms with van der Waals surface area (Å²) in [5.41, 5.74) is 1.03. The van der Waals surface area contributed by atoms with E-state index in [-0.39, 0.29) is 30.4 Å². The van der Waals surface area contributed by atoms with Gasteiger partial charge in [-0.15, -0.1) is 0 Å². The van der Waals surface area contributed by atoms with Crippen LogP contribution in [0.5, 0.6) is 0 Å². The van der Waals surface area contributed by atoms with Crippen LogP contribution in [0.3, 0.4) is 0 Å². The summed E-state index contributed by atoms with van der Waals surface area (Å²) in [4.78, 5) is 26.7. The molecule has 9 nitrogen and oxygen atoms in total. The molecule has 1 aliphatic rings. The summed E-state index contributed by atoms with van der Waals surface area (Å²) >= 11 is 0. The smallest absolute Gasteiger partial charge is 0.272 e. The zero-order valence-electron chi connectivity index (χ0n) is 19.2. The molecule has 0 radical (unpaired) electrons. The average Bonchev–Trinajstić information content (AvgIpc) is 2.84. The van der Waals surface area contributed by atoms with Crippen molar-refractivity contribution in [2.24, 2.45) is 0 Å². The van der Waals surface area contributed by atoms with Crippen LogP contribution < -0.4 is 5.56 Å². The molecule has 1 saturated heterocycles. The van der Waals surface area contributed by atoms with Gasteiger partial charge in [-0.1, -0.05) is 24.3 Å². The number of aromatic amines is 1. The van der Waals surface area contributed by atoms with E-state index >= 15 is 0 Å². The standard InChI is InChI=1S/C24H26FN3O6S/c1-35(31,32)34-13-12-33-17-8-10-28(11-9-17)24(30)20-14-16(6-7-21(20)25)15-22-18-4-2-3-5-19(18)23(29)27-26-22/h2-7,14,17H,8-13,15H2,1H3,(H,27,29). The molecule has 11 heteroatoms. The zero-order valence-corrected chi connectivity index (χ0v) is 20.0. The largest absolute Gasteiger partial charge is 0.376 e.